The van der Waals surface area contributed by atoms with E-state index in [0.29, 0.717) is 5.56 Å². The summed E-state index contributed by atoms with van der Waals surface area (Å²) in [4.78, 5) is 26.6. The number of hydrogen-bond acceptors (Lipinski definition) is 2. The van der Waals surface area contributed by atoms with Crippen LogP contribution in [-0.2, 0) is 11.2 Å². The average Bonchev–Trinajstić information content (AvgIpc) is 2.88. The van der Waals surface area contributed by atoms with Crippen molar-refractivity contribution in [3.63, 3.8) is 0 Å². The minimum Gasteiger partial charge on any atom is -0.346 e. The topological polar surface area (TPSA) is 54.3 Å². The Labute approximate surface area is 156 Å². The number of amides is 2. The molecule has 0 saturated heterocycles. The first-order chi connectivity index (χ1) is 12.3. The second kappa shape index (κ2) is 8.21. The van der Waals surface area contributed by atoms with Crippen molar-refractivity contribution >= 4 is 17.5 Å². The van der Waals surface area contributed by atoms with Gasteiger partial charge in [-0.25, -0.2) is 0 Å². The third-order valence-corrected chi connectivity index (χ3v) is 4.63. The standard InChI is InChI=1S/C21H29N3O2/c1-7-17-10-8-9-11-19(17)22-20(25)13-23(6)21(26)18-12-15(4)24(14(2)3)16(18)5/h8-12,14H,7,13H2,1-6H3,(H,22,25). The third kappa shape index (κ3) is 4.15. The van der Waals surface area contributed by atoms with Gasteiger partial charge >= 0.3 is 0 Å². The number of nitrogens with one attached hydrogen (secondary N) is 1. The molecule has 0 aliphatic heterocycles. The van der Waals surface area contributed by atoms with Gasteiger partial charge in [-0.15, -0.1) is 0 Å². The Kier molecular flexibility index (Phi) is 6.24. The van der Waals surface area contributed by atoms with Gasteiger partial charge in [0.2, 0.25) is 5.91 Å². The normalized spacial score (nSPS) is 10.9. The Bertz CT molecular complexity index is 806. The molecule has 1 heterocycles. The largest absolute Gasteiger partial charge is 0.346 e. The first kappa shape index (κ1) is 19.8. The van der Waals surface area contributed by atoms with Crippen LogP contribution in [0.1, 0.15) is 54.1 Å². The monoisotopic (exact) mass is 355 g/mol. The molecule has 0 spiro atoms. The molecular weight excluding hydrogens is 326 g/mol. The molecule has 0 unspecified atom stereocenters. The quantitative estimate of drug-likeness (QED) is 0.853. The van der Waals surface area contributed by atoms with Crippen molar-refractivity contribution < 1.29 is 9.59 Å². The molecule has 1 N–H and O–H groups in total. The fraction of sp³-hybridized carbons (Fsp3) is 0.429. The lowest BCUT2D eigenvalue weighted by Gasteiger charge is -2.18. The summed E-state index contributed by atoms with van der Waals surface area (Å²) in [5.74, 6) is -0.330. The Balaban J connectivity index is 2.10. The molecule has 0 bridgehead atoms. The number of nitrogens with zero attached hydrogens (tertiary/aromatic N) is 2. The number of aromatic nitrogens is 1. The van der Waals surface area contributed by atoms with E-state index < -0.39 is 0 Å². The Morgan fingerprint density at radius 2 is 1.85 bits per heavy atom. The van der Waals surface area contributed by atoms with Crippen LogP contribution in [0, 0.1) is 13.8 Å². The summed E-state index contributed by atoms with van der Waals surface area (Å²) < 4.78 is 2.14. The fourth-order valence-electron chi connectivity index (χ4n) is 3.42. The molecule has 26 heavy (non-hydrogen) atoms. The van der Waals surface area contributed by atoms with Crippen molar-refractivity contribution in [2.75, 3.05) is 18.9 Å². The Hall–Kier alpha value is -2.56. The number of likely N-dealkylation sites (N-methyl/N-ethyl adjacent to an activating group) is 1. The number of carbonyl (C=O) groups excluding carboxylic acids is 2. The van der Waals surface area contributed by atoms with E-state index in [1.54, 1.807) is 7.05 Å². The van der Waals surface area contributed by atoms with Crippen molar-refractivity contribution in [1.29, 1.82) is 0 Å². The number of anilines is 1. The average molecular weight is 355 g/mol. The molecule has 1 aromatic carbocycles. The summed E-state index contributed by atoms with van der Waals surface area (Å²) in [6.45, 7) is 10.2. The predicted octanol–water partition coefficient (Wildman–Crippen LogP) is 3.96. The molecule has 1 aromatic heterocycles. The van der Waals surface area contributed by atoms with Gasteiger partial charge in [0.15, 0.2) is 0 Å². The van der Waals surface area contributed by atoms with Gasteiger partial charge in [0.05, 0.1) is 12.1 Å². The number of carbonyl (C=O) groups is 2. The van der Waals surface area contributed by atoms with Crippen molar-refractivity contribution in [2.24, 2.45) is 0 Å². The molecule has 2 amide bonds. The van der Waals surface area contributed by atoms with E-state index in [-0.39, 0.29) is 24.4 Å². The molecule has 5 nitrogen and oxygen atoms in total. The van der Waals surface area contributed by atoms with E-state index in [9.17, 15) is 9.59 Å². The lowest BCUT2D eigenvalue weighted by Crippen LogP contribution is -2.35. The molecule has 0 radical (unpaired) electrons. The van der Waals surface area contributed by atoms with Crippen LogP contribution < -0.4 is 5.32 Å². The van der Waals surface area contributed by atoms with Gasteiger partial charge < -0.3 is 14.8 Å². The van der Waals surface area contributed by atoms with E-state index in [1.165, 1.54) is 4.90 Å². The van der Waals surface area contributed by atoms with Crippen LogP contribution >= 0.6 is 0 Å². The fourth-order valence-corrected chi connectivity index (χ4v) is 3.42. The zero-order chi connectivity index (χ0) is 19.4. The van der Waals surface area contributed by atoms with Crippen LogP contribution in [0.4, 0.5) is 5.69 Å². The maximum atomic E-state index is 12.8. The number of aryl methyl sites for hydroxylation is 2. The van der Waals surface area contributed by atoms with Crippen molar-refractivity contribution in [1.82, 2.24) is 9.47 Å². The van der Waals surface area contributed by atoms with Crippen LogP contribution in [0.25, 0.3) is 0 Å². The van der Waals surface area contributed by atoms with Crippen molar-refractivity contribution in [3.8, 4) is 0 Å². The maximum Gasteiger partial charge on any atom is 0.255 e. The van der Waals surface area contributed by atoms with Crippen LogP contribution in [-0.4, -0.2) is 34.9 Å². The highest BCUT2D eigenvalue weighted by atomic mass is 16.2. The second-order valence-electron chi connectivity index (χ2n) is 6.97. The first-order valence-electron chi connectivity index (χ1n) is 9.07. The van der Waals surface area contributed by atoms with E-state index in [1.807, 2.05) is 51.1 Å². The number of hydrogen-bond donors (Lipinski definition) is 1. The Morgan fingerprint density at radius 1 is 1.19 bits per heavy atom. The molecule has 0 aliphatic carbocycles. The molecule has 0 saturated carbocycles. The highest BCUT2D eigenvalue weighted by Crippen LogP contribution is 2.21. The van der Waals surface area contributed by atoms with E-state index in [2.05, 4.69) is 23.7 Å². The summed E-state index contributed by atoms with van der Waals surface area (Å²) >= 11 is 0. The molecular formula is C21H29N3O2. The SMILES string of the molecule is CCc1ccccc1NC(=O)CN(C)C(=O)c1cc(C)n(C(C)C)c1C. The van der Waals surface area contributed by atoms with Crippen LogP contribution in [0.15, 0.2) is 30.3 Å². The number of benzene rings is 1. The van der Waals surface area contributed by atoms with Gasteiger partial charge in [0.1, 0.15) is 0 Å². The maximum absolute atomic E-state index is 12.8. The summed E-state index contributed by atoms with van der Waals surface area (Å²) in [5, 5.41) is 2.91. The summed E-state index contributed by atoms with van der Waals surface area (Å²) in [6.07, 6.45) is 0.840. The molecule has 140 valence electrons. The lowest BCUT2D eigenvalue weighted by molar-refractivity contribution is -0.116. The van der Waals surface area contributed by atoms with E-state index >= 15 is 0 Å². The molecule has 0 atom stereocenters. The highest BCUT2D eigenvalue weighted by molar-refractivity contribution is 6.00. The van der Waals surface area contributed by atoms with Crippen LogP contribution in [0.3, 0.4) is 0 Å². The summed E-state index contributed by atoms with van der Waals surface area (Å²) in [7, 11) is 1.66. The molecule has 0 fully saturated rings. The van der Waals surface area contributed by atoms with Gasteiger partial charge in [-0.05, 0) is 51.8 Å². The van der Waals surface area contributed by atoms with Gasteiger partial charge in [-0.3, -0.25) is 9.59 Å². The van der Waals surface area contributed by atoms with E-state index in [4.69, 9.17) is 0 Å². The van der Waals surface area contributed by atoms with Crippen molar-refractivity contribution in [3.05, 3.63) is 52.8 Å². The van der Waals surface area contributed by atoms with Crippen molar-refractivity contribution in [2.45, 2.75) is 47.1 Å². The predicted molar refractivity (Wildman–Crippen MR) is 106 cm³/mol. The zero-order valence-electron chi connectivity index (χ0n) is 16.6. The minimum absolute atomic E-state index is 0.0161. The first-order valence-corrected chi connectivity index (χ1v) is 9.07. The lowest BCUT2D eigenvalue weighted by atomic mass is 10.1. The molecule has 2 aromatic rings. The van der Waals surface area contributed by atoms with Crippen LogP contribution in [0.5, 0.6) is 0 Å². The zero-order valence-corrected chi connectivity index (χ0v) is 16.6. The second-order valence-corrected chi connectivity index (χ2v) is 6.97. The summed E-state index contributed by atoms with van der Waals surface area (Å²) in [6, 6.07) is 9.91. The number of rotatable bonds is 6. The Morgan fingerprint density at radius 3 is 2.42 bits per heavy atom. The third-order valence-electron chi connectivity index (χ3n) is 4.63. The van der Waals surface area contributed by atoms with Gasteiger partial charge in [-0.1, -0.05) is 25.1 Å². The van der Waals surface area contributed by atoms with Gasteiger partial charge in [-0.2, -0.15) is 0 Å². The number of para-hydroxylation sites is 1. The smallest absolute Gasteiger partial charge is 0.255 e. The molecule has 0 aliphatic rings. The molecule has 2 rings (SSSR count). The van der Waals surface area contributed by atoms with Gasteiger partial charge in [0, 0.05) is 30.2 Å². The highest BCUT2D eigenvalue weighted by Gasteiger charge is 2.21. The van der Waals surface area contributed by atoms with Gasteiger partial charge in [0.25, 0.3) is 5.91 Å². The summed E-state index contributed by atoms with van der Waals surface area (Å²) in [5.41, 5.74) is 4.52. The minimum atomic E-state index is -0.195. The molecule has 5 heteroatoms. The van der Waals surface area contributed by atoms with E-state index in [0.717, 1.165) is 29.1 Å². The van der Waals surface area contributed by atoms with Crippen LogP contribution in [0.2, 0.25) is 0 Å².